The highest BCUT2D eigenvalue weighted by atomic mass is 16.3. The number of primary amides is 1. The van der Waals surface area contributed by atoms with Crippen molar-refractivity contribution in [2.24, 2.45) is 5.73 Å². The highest BCUT2D eigenvalue weighted by Crippen LogP contribution is 2.16. The van der Waals surface area contributed by atoms with Crippen LogP contribution in [0, 0.1) is 0 Å². The minimum atomic E-state index is -0.576. The van der Waals surface area contributed by atoms with E-state index in [1.165, 1.54) is 23.4 Å². The molecule has 0 spiro atoms. The second kappa shape index (κ2) is 6.58. The Morgan fingerprint density at radius 3 is 2.78 bits per heavy atom. The molecule has 0 bridgehead atoms. The van der Waals surface area contributed by atoms with Crippen molar-refractivity contribution in [2.45, 2.75) is 19.8 Å². The molecular formula is C12H17N3O3. The van der Waals surface area contributed by atoms with Gasteiger partial charge in [-0.15, -0.1) is 0 Å². The van der Waals surface area contributed by atoms with E-state index in [2.05, 4.69) is 4.98 Å². The monoisotopic (exact) mass is 251 g/mol. The van der Waals surface area contributed by atoms with Gasteiger partial charge in [0.1, 0.15) is 5.75 Å². The summed E-state index contributed by atoms with van der Waals surface area (Å²) in [6.45, 7) is 2.26. The Morgan fingerprint density at radius 1 is 1.50 bits per heavy atom. The molecule has 0 aliphatic rings. The fourth-order valence-corrected chi connectivity index (χ4v) is 1.53. The predicted molar refractivity (Wildman–Crippen MR) is 65.9 cm³/mol. The molecule has 0 saturated heterocycles. The van der Waals surface area contributed by atoms with Crippen LogP contribution in [0.5, 0.6) is 5.75 Å². The first-order chi connectivity index (χ1) is 8.56. The summed E-state index contributed by atoms with van der Waals surface area (Å²) in [6, 6.07) is 1.41. The first-order valence-electron chi connectivity index (χ1n) is 5.76. The fourth-order valence-electron chi connectivity index (χ4n) is 1.53. The number of hydrogen-bond donors (Lipinski definition) is 2. The molecule has 0 aliphatic heterocycles. The lowest BCUT2D eigenvalue weighted by molar-refractivity contribution is -0.118. The number of rotatable bonds is 6. The molecule has 1 aromatic heterocycles. The molecule has 0 aromatic carbocycles. The Balaban J connectivity index is 2.87. The standard InChI is InChI=1S/C12H17N3O3/c1-2-3-6-15(8-11(13)17)12(18)9-4-5-14-7-10(9)16/h4-5,7,16H,2-3,6,8H2,1H3,(H2,13,17). The van der Waals surface area contributed by atoms with Gasteiger partial charge in [0.15, 0.2) is 0 Å². The Bertz CT molecular complexity index is 434. The zero-order chi connectivity index (χ0) is 13.5. The number of unbranched alkanes of at least 4 members (excludes halogenated alkanes) is 1. The maximum Gasteiger partial charge on any atom is 0.258 e. The van der Waals surface area contributed by atoms with Crippen molar-refractivity contribution < 1.29 is 14.7 Å². The molecule has 2 amide bonds. The van der Waals surface area contributed by atoms with Gasteiger partial charge in [-0.3, -0.25) is 14.6 Å². The second-order valence-corrected chi connectivity index (χ2v) is 3.94. The van der Waals surface area contributed by atoms with Gasteiger partial charge in [-0.25, -0.2) is 0 Å². The largest absolute Gasteiger partial charge is 0.505 e. The predicted octanol–water partition coefficient (Wildman–Crippen LogP) is 0.515. The molecular weight excluding hydrogens is 234 g/mol. The number of aromatic hydroxyl groups is 1. The molecule has 0 unspecified atom stereocenters. The molecule has 0 atom stereocenters. The molecule has 0 saturated carbocycles. The lowest BCUT2D eigenvalue weighted by Gasteiger charge is -2.21. The zero-order valence-corrected chi connectivity index (χ0v) is 10.3. The van der Waals surface area contributed by atoms with Crippen LogP contribution in [-0.2, 0) is 4.79 Å². The minimum absolute atomic E-state index is 0.127. The van der Waals surface area contributed by atoms with Crippen molar-refractivity contribution in [3.05, 3.63) is 24.0 Å². The number of aromatic nitrogens is 1. The van der Waals surface area contributed by atoms with E-state index < -0.39 is 11.8 Å². The molecule has 0 fully saturated rings. The van der Waals surface area contributed by atoms with Crippen LogP contribution < -0.4 is 5.73 Å². The summed E-state index contributed by atoms with van der Waals surface area (Å²) in [5.41, 5.74) is 5.24. The Kier molecular flexibility index (Phi) is 5.10. The fraction of sp³-hybridized carbons (Fsp3) is 0.417. The Labute approximate surface area is 105 Å². The lowest BCUT2D eigenvalue weighted by atomic mass is 10.2. The van der Waals surface area contributed by atoms with Crippen LogP contribution in [0.4, 0.5) is 0 Å². The number of amides is 2. The molecule has 1 heterocycles. The third kappa shape index (κ3) is 3.73. The summed E-state index contributed by atoms with van der Waals surface area (Å²) in [6.07, 6.45) is 4.26. The maximum atomic E-state index is 12.1. The highest BCUT2D eigenvalue weighted by Gasteiger charge is 2.19. The van der Waals surface area contributed by atoms with E-state index >= 15 is 0 Å². The number of carbonyl (C=O) groups is 2. The molecule has 6 nitrogen and oxygen atoms in total. The average Bonchev–Trinajstić information content (AvgIpc) is 2.34. The van der Waals surface area contributed by atoms with Crippen LogP contribution in [0.25, 0.3) is 0 Å². The second-order valence-electron chi connectivity index (χ2n) is 3.94. The van der Waals surface area contributed by atoms with Crippen molar-refractivity contribution in [1.29, 1.82) is 0 Å². The number of nitrogens with two attached hydrogens (primary N) is 1. The molecule has 1 aromatic rings. The van der Waals surface area contributed by atoms with E-state index in [1.807, 2.05) is 6.92 Å². The summed E-state index contributed by atoms with van der Waals surface area (Å²) in [4.78, 5) is 28.1. The van der Waals surface area contributed by atoms with Crippen LogP contribution in [-0.4, -0.2) is 39.9 Å². The van der Waals surface area contributed by atoms with Crippen molar-refractivity contribution in [2.75, 3.05) is 13.1 Å². The van der Waals surface area contributed by atoms with Gasteiger partial charge in [0.05, 0.1) is 18.3 Å². The molecule has 0 aliphatic carbocycles. The number of hydrogen-bond acceptors (Lipinski definition) is 4. The Hall–Kier alpha value is -2.11. The number of carbonyl (C=O) groups excluding carboxylic acids is 2. The highest BCUT2D eigenvalue weighted by molar-refractivity contribution is 5.98. The van der Waals surface area contributed by atoms with Gasteiger partial charge in [-0.2, -0.15) is 0 Å². The summed E-state index contributed by atoms with van der Waals surface area (Å²) in [7, 11) is 0. The van der Waals surface area contributed by atoms with E-state index in [-0.39, 0.29) is 17.9 Å². The summed E-state index contributed by atoms with van der Waals surface area (Å²) in [5, 5.41) is 9.56. The van der Waals surface area contributed by atoms with E-state index in [0.717, 1.165) is 12.8 Å². The number of nitrogens with zero attached hydrogens (tertiary/aromatic N) is 2. The average molecular weight is 251 g/mol. The van der Waals surface area contributed by atoms with Crippen molar-refractivity contribution >= 4 is 11.8 Å². The van der Waals surface area contributed by atoms with E-state index in [9.17, 15) is 14.7 Å². The molecule has 3 N–H and O–H groups in total. The maximum absolute atomic E-state index is 12.1. The van der Waals surface area contributed by atoms with Crippen LogP contribution >= 0.6 is 0 Å². The summed E-state index contributed by atoms with van der Waals surface area (Å²) < 4.78 is 0. The van der Waals surface area contributed by atoms with Crippen LogP contribution in [0.15, 0.2) is 18.5 Å². The lowest BCUT2D eigenvalue weighted by Crippen LogP contribution is -2.39. The van der Waals surface area contributed by atoms with Gasteiger partial charge in [0.25, 0.3) is 5.91 Å². The molecule has 18 heavy (non-hydrogen) atoms. The van der Waals surface area contributed by atoms with Gasteiger partial charge in [-0.1, -0.05) is 13.3 Å². The van der Waals surface area contributed by atoms with Gasteiger partial charge < -0.3 is 15.7 Å². The molecule has 1 rings (SSSR count). The van der Waals surface area contributed by atoms with Crippen LogP contribution in [0.3, 0.4) is 0 Å². The smallest absolute Gasteiger partial charge is 0.258 e. The van der Waals surface area contributed by atoms with Crippen LogP contribution in [0.2, 0.25) is 0 Å². The topological polar surface area (TPSA) is 96.5 Å². The molecule has 6 heteroatoms. The quantitative estimate of drug-likeness (QED) is 0.770. The Morgan fingerprint density at radius 2 is 2.22 bits per heavy atom. The first kappa shape index (κ1) is 14.0. The number of pyridine rings is 1. The minimum Gasteiger partial charge on any atom is -0.505 e. The summed E-state index contributed by atoms with van der Waals surface area (Å²) in [5.74, 6) is -1.19. The van der Waals surface area contributed by atoms with E-state index in [1.54, 1.807) is 0 Å². The zero-order valence-electron chi connectivity index (χ0n) is 10.3. The van der Waals surface area contributed by atoms with Gasteiger partial charge >= 0.3 is 0 Å². The van der Waals surface area contributed by atoms with Gasteiger partial charge in [0.2, 0.25) is 5.91 Å². The third-order valence-electron chi connectivity index (χ3n) is 2.45. The van der Waals surface area contributed by atoms with Crippen molar-refractivity contribution in [3.63, 3.8) is 0 Å². The van der Waals surface area contributed by atoms with E-state index in [0.29, 0.717) is 6.54 Å². The van der Waals surface area contributed by atoms with Crippen molar-refractivity contribution in [1.82, 2.24) is 9.88 Å². The normalized spacial score (nSPS) is 10.1. The third-order valence-corrected chi connectivity index (χ3v) is 2.45. The van der Waals surface area contributed by atoms with Gasteiger partial charge in [-0.05, 0) is 12.5 Å². The molecule has 0 radical (unpaired) electrons. The van der Waals surface area contributed by atoms with Gasteiger partial charge in [0, 0.05) is 12.7 Å². The first-order valence-corrected chi connectivity index (χ1v) is 5.76. The van der Waals surface area contributed by atoms with Crippen LogP contribution in [0.1, 0.15) is 30.1 Å². The summed E-state index contributed by atoms with van der Waals surface area (Å²) >= 11 is 0. The molecule has 98 valence electrons. The van der Waals surface area contributed by atoms with E-state index in [4.69, 9.17) is 5.73 Å². The van der Waals surface area contributed by atoms with Crippen molar-refractivity contribution in [3.8, 4) is 5.75 Å². The SMILES string of the molecule is CCCCN(CC(N)=O)C(=O)c1ccncc1O.